The zero-order valence-electron chi connectivity index (χ0n) is 8.62. The van der Waals surface area contributed by atoms with E-state index in [1.807, 2.05) is 11.8 Å². The summed E-state index contributed by atoms with van der Waals surface area (Å²) in [6, 6.07) is 0.369. The summed E-state index contributed by atoms with van der Waals surface area (Å²) in [7, 11) is 0. The van der Waals surface area contributed by atoms with Crippen LogP contribution in [0.15, 0.2) is 0 Å². The van der Waals surface area contributed by atoms with Crippen molar-refractivity contribution in [1.82, 2.24) is 5.32 Å². The molecule has 13 heavy (non-hydrogen) atoms. The maximum absolute atomic E-state index is 9.54. The summed E-state index contributed by atoms with van der Waals surface area (Å²) in [6.07, 6.45) is 6.56. The average molecular weight is 203 g/mol. The number of rotatable bonds is 5. The highest BCUT2D eigenvalue weighted by Crippen LogP contribution is 2.19. The van der Waals surface area contributed by atoms with E-state index in [1.54, 1.807) is 0 Å². The SMILES string of the molecule is CSC(C)CCN[C@H]1CCC[C@@H]1O. The van der Waals surface area contributed by atoms with Crippen LogP contribution in [0.5, 0.6) is 0 Å². The van der Waals surface area contributed by atoms with Gasteiger partial charge in [0.2, 0.25) is 0 Å². The van der Waals surface area contributed by atoms with Crippen LogP contribution in [0, 0.1) is 0 Å². The van der Waals surface area contributed by atoms with Crippen molar-refractivity contribution in [1.29, 1.82) is 0 Å². The first kappa shape index (κ1) is 11.3. The van der Waals surface area contributed by atoms with Crippen LogP contribution >= 0.6 is 11.8 Å². The van der Waals surface area contributed by atoms with Gasteiger partial charge in [0.05, 0.1) is 6.10 Å². The number of hydrogen-bond donors (Lipinski definition) is 2. The fourth-order valence-corrected chi connectivity index (χ4v) is 2.12. The number of nitrogens with one attached hydrogen (secondary N) is 1. The predicted octanol–water partition coefficient (Wildman–Crippen LogP) is 1.63. The third-order valence-electron chi connectivity index (χ3n) is 2.84. The monoisotopic (exact) mass is 203 g/mol. The van der Waals surface area contributed by atoms with E-state index >= 15 is 0 Å². The molecule has 2 N–H and O–H groups in total. The van der Waals surface area contributed by atoms with Crippen LogP contribution in [0.25, 0.3) is 0 Å². The molecule has 3 heteroatoms. The molecule has 0 aromatic heterocycles. The zero-order valence-corrected chi connectivity index (χ0v) is 9.44. The van der Waals surface area contributed by atoms with Gasteiger partial charge in [0.25, 0.3) is 0 Å². The van der Waals surface area contributed by atoms with Gasteiger partial charge in [0.15, 0.2) is 0 Å². The van der Waals surface area contributed by atoms with E-state index < -0.39 is 0 Å². The molecular formula is C10H21NOS. The molecule has 0 spiro atoms. The first-order valence-corrected chi connectivity index (χ1v) is 6.47. The van der Waals surface area contributed by atoms with E-state index in [2.05, 4.69) is 18.5 Å². The van der Waals surface area contributed by atoms with E-state index in [0.29, 0.717) is 6.04 Å². The lowest BCUT2D eigenvalue weighted by atomic mass is 10.2. The van der Waals surface area contributed by atoms with Crippen molar-refractivity contribution >= 4 is 11.8 Å². The summed E-state index contributed by atoms with van der Waals surface area (Å²) in [5.74, 6) is 0. The van der Waals surface area contributed by atoms with E-state index in [9.17, 15) is 5.11 Å². The largest absolute Gasteiger partial charge is 0.392 e. The molecule has 0 aromatic carbocycles. The van der Waals surface area contributed by atoms with Crippen molar-refractivity contribution in [2.75, 3.05) is 12.8 Å². The lowest BCUT2D eigenvalue weighted by Crippen LogP contribution is -2.36. The smallest absolute Gasteiger partial charge is 0.0693 e. The van der Waals surface area contributed by atoms with Gasteiger partial charge in [-0.3, -0.25) is 0 Å². The molecule has 1 fully saturated rings. The van der Waals surface area contributed by atoms with E-state index in [-0.39, 0.29) is 6.10 Å². The molecule has 78 valence electrons. The van der Waals surface area contributed by atoms with Gasteiger partial charge in [-0.15, -0.1) is 0 Å². The molecule has 0 heterocycles. The van der Waals surface area contributed by atoms with Gasteiger partial charge in [-0.2, -0.15) is 11.8 Å². The molecule has 1 saturated carbocycles. The van der Waals surface area contributed by atoms with Crippen molar-refractivity contribution in [2.24, 2.45) is 0 Å². The summed E-state index contributed by atoms with van der Waals surface area (Å²) in [5.41, 5.74) is 0. The van der Waals surface area contributed by atoms with Gasteiger partial charge >= 0.3 is 0 Å². The van der Waals surface area contributed by atoms with E-state index in [0.717, 1.165) is 24.6 Å². The molecule has 0 aliphatic heterocycles. The maximum atomic E-state index is 9.54. The van der Waals surface area contributed by atoms with Crippen molar-refractivity contribution in [3.8, 4) is 0 Å². The Kier molecular flexibility index (Phi) is 5.14. The molecule has 1 rings (SSSR count). The number of aliphatic hydroxyl groups is 1. The van der Waals surface area contributed by atoms with Crippen LogP contribution in [0.2, 0.25) is 0 Å². The molecule has 1 aliphatic carbocycles. The first-order chi connectivity index (χ1) is 6.24. The summed E-state index contributed by atoms with van der Waals surface area (Å²) >= 11 is 1.91. The third kappa shape index (κ3) is 3.88. The molecule has 0 bridgehead atoms. The van der Waals surface area contributed by atoms with Crippen molar-refractivity contribution < 1.29 is 5.11 Å². The third-order valence-corrected chi connectivity index (χ3v) is 3.88. The van der Waals surface area contributed by atoms with Gasteiger partial charge in [0.1, 0.15) is 0 Å². The van der Waals surface area contributed by atoms with Crippen molar-refractivity contribution in [3.63, 3.8) is 0 Å². The summed E-state index contributed by atoms with van der Waals surface area (Å²) in [4.78, 5) is 0. The fourth-order valence-electron chi connectivity index (χ4n) is 1.77. The van der Waals surface area contributed by atoms with E-state index in [1.165, 1.54) is 12.8 Å². The normalized spacial score (nSPS) is 30.7. The minimum absolute atomic E-state index is 0.0930. The van der Waals surface area contributed by atoms with E-state index in [4.69, 9.17) is 0 Å². The minimum atomic E-state index is -0.0930. The summed E-state index contributed by atoms with van der Waals surface area (Å²) in [5, 5.41) is 13.7. The molecule has 0 amide bonds. The lowest BCUT2D eigenvalue weighted by Gasteiger charge is -2.17. The Hall–Kier alpha value is 0.270. The Labute approximate surface area is 85.5 Å². The van der Waals surface area contributed by atoms with Crippen LogP contribution in [0.4, 0.5) is 0 Å². The van der Waals surface area contributed by atoms with Gasteiger partial charge < -0.3 is 10.4 Å². The van der Waals surface area contributed by atoms with Gasteiger partial charge in [-0.25, -0.2) is 0 Å². The number of thioether (sulfide) groups is 1. The Morgan fingerprint density at radius 3 is 2.85 bits per heavy atom. The molecule has 0 radical (unpaired) electrons. The van der Waals surface area contributed by atoms with Crippen LogP contribution in [0.3, 0.4) is 0 Å². The minimum Gasteiger partial charge on any atom is -0.392 e. The molecule has 1 aliphatic rings. The molecule has 2 nitrogen and oxygen atoms in total. The second-order valence-electron chi connectivity index (χ2n) is 3.89. The molecule has 0 saturated heterocycles. The summed E-state index contributed by atoms with van der Waals surface area (Å²) in [6.45, 7) is 3.29. The highest BCUT2D eigenvalue weighted by atomic mass is 32.2. The molecular weight excluding hydrogens is 182 g/mol. The van der Waals surface area contributed by atoms with Gasteiger partial charge in [0, 0.05) is 11.3 Å². The highest BCUT2D eigenvalue weighted by Gasteiger charge is 2.24. The highest BCUT2D eigenvalue weighted by molar-refractivity contribution is 7.99. The summed E-state index contributed by atoms with van der Waals surface area (Å²) < 4.78 is 0. The average Bonchev–Trinajstić information content (AvgIpc) is 2.52. The second-order valence-corrected chi connectivity index (χ2v) is 5.17. The first-order valence-electron chi connectivity index (χ1n) is 5.18. The standard InChI is InChI=1S/C10H21NOS/c1-8(13-2)6-7-11-9-4-3-5-10(9)12/h8-12H,3-7H2,1-2H3/t8?,9-,10-/m0/s1. The molecule has 3 atom stereocenters. The van der Waals surface area contributed by atoms with Crippen molar-refractivity contribution in [2.45, 2.75) is 50.0 Å². The molecule has 1 unspecified atom stereocenters. The van der Waals surface area contributed by atoms with Crippen LogP contribution in [0.1, 0.15) is 32.6 Å². The van der Waals surface area contributed by atoms with Crippen LogP contribution in [-0.4, -0.2) is 35.3 Å². The Bertz CT molecular complexity index is 143. The maximum Gasteiger partial charge on any atom is 0.0693 e. The lowest BCUT2D eigenvalue weighted by molar-refractivity contribution is 0.149. The molecule has 0 aromatic rings. The van der Waals surface area contributed by atoms with Gasteiger partial charge in [-0.05, 0) is 38.5 Å². The van der Waals surface area contributed by atoms with Crippen LogP contribution in [-0.2, 0) is 0 Å². The quantitative estimate of drug-likeness (QED) is 0.712. The fraction of sp³-hybridized carbons (Fsp3) is 1.00. The number of aliphatic hydroxyl groups excluding tert-OH is 1. The Balaban J connectivity index is 2.05. The van der Waals surface area contributed by atoms with Gasteiger partial charge in [-0.1, -0.05) is 6.92 Å². The second kappa shape index (κ2) is 5.89. The van der Waals surface area contributed by atoms with Crippen molar-refractivity contribution in [3.05, 3.63) is 0 Å². The Morgan fingerprint density at radius 2 is 2.31 bits per heavy atom. The topological polar surface area (TPSA) is 32.3 Å². The zero-order chi connectivity index (χ0) is 9.68. The van der Waals surface area contributed by atoms with Crippen LogP contribution < -0.4 is 5.32 Å². The predicted molar refractivity (Wildman–Crippen MR) is 59.2 cm³/mol. The Morgan fingerprint density at radius 1 is 1.54 bits per heavy atom. The number of hydrogen-bond acceptors (Lipinski definition) is 3.